The molecule has 1 N–H and O–H groups in total. The molecule has 7 heteroatoms. The summed E-state index contributed by atoms with van der Waals surface area (Å²) in [6.45, 7) is -1.13. The van der Waals surface area contributed by atoms with Gasteiger partial charge in [0.25, 0.3) is 0 Å². The van der Waals surface area contributed by atoms with E-state index in [0.717, 1.165) is 29.6 Å². The summed E-state index contributed by atoms with van der Waals surface area (Å²) >= 11 is 0. The third-order valence-electron chi connectivity index (χ3n) is 3.87. The number of benzene rings is 3. The fourth-order valence-electron chi connectivity index (χ4n) is 2.44. The van der Waals surface area contributed by atoms with E-state index >= 15 is 0 Å². The van der Waals surface area contributed by atoms with Crippen molar-refractivity contribution in [3.05, 3.63) is 90.0 Å². The number of esters is 1. The van der Waals surface area contributed by atoms with Crippen molar-refractivity contribution in [3.63, 3.8) is 0 Å². The molecule has 0 saturated heterocycles. The summed E-state index contributed by atoms with van der Waals surface area (Å²) in [6, 6.07) is 19.0. The topological polar surface area (TPSA) is 64.6 Å². The van der Waals surface area contributed by atoms with Gasteiger partial charge < -0.3 is 14.8 Å². The van der Waals surface area contributed by atoms with Crippen LogP contribution in [0.5, 0.6) is 5.75 Å². The van der Waals surface area contributed by atoms with Crippen LogP contribution in [0.15, 0.2) is 72.8 Å². The van der Waals surface area contributed by atoms with Crippen molar-refractivity contribution in [1.29, 1.82) is 0 Å². The standard InChI is InChI=1S/C22H17F2NO4/c23-15-6-11-20(24)19(12-15)21(26)13-29-22(27)14-28-18-9-7-17(8-10-18)25-16-4-2-1-3-5-16/h1-12,25H,13-14H2. The number of nitrogens with one attached hydrogen (secondary N) is 1. The molecule has 0 aliphatic carbocycles. The maximum Gasteiger partial charge on any atom is 0.344 e. The van der Waals surface area contributed by atoms with Crippen molar-refractivity contribution in [3.8, 4) is 5.75 Å². The highest BCUT2D eigenvalue weighted by atomic mass is 19.1. The molecule has 0 bridgehead atoms. The number of para-hydroxylation sites is 1. The Bertz CT molecular complexity index is 991. The number of ether oxygens (including phenoxy) is 2. The molecule has 0 aromatic heterocycles. The molecule has 148 valence electrons. The van der Waals surface area contributed by atoms with E-state index in [-0.39, 0.29) is 0 Å². The first kappa shape index (κ1) is 20.0. The first-order valence-corrected chi connectivity index (χ1v) is 8.70. The second-order valence-electron chi connectivity index (χ2n) is 6.01. The molecular weight excluding hydrogens is 380 g/mol. The van der Waals surface area contributed by atoms with Crippen LogP contribution < -0.4 is 10.1 Å². The molecule has 3 aromatic carbocycles. The Morgan fingerprint density at radius 1 is 0.828 bits per heavy atom. The largest absolute Gasteiger partial charge is 0.482 e. The molecular formula is C22H17F2NO4. The van der Waals surface area contributed by atoms with Gasteiger partial charge in [-0.05, 0) is 54.6 Å². The lowest BCUT2D eigenvalue weighted by atomic mass is 10.1. The number of anilines is 2. The number of carbonyl (C=O) groups is 2. The van der Waals surface area contributed by atoms with E-state index in [1.165, 1.54) is 0 Å². The summed E-state index contributed by atoms with van der Waals surface area (Å²) in [4.78, 5) is 23.6. The quantitative estimate of drug-likeness (QED) is 0.447. The maximum absolute atomic E-state index is 13.5. The molecule has 0 aliphatic rings. The van der Waals surface area contributed by atoms with Crippen LogP contribution in [-0.4, -0.2) is 25.0 Å². The molecule has 0 atom stereocenters. The summed E-state index contributed by atoms with van der Waals surface area (Å²) in [5.41, 5.74) is 1.30. The molecule has 0 unspecified atom stereocenters. The van der Waals surface area contributed by atoms with Crippen molar-refractivity contribution in [1.82, 2.24) is 0 Å². The molecule has 3 aromatic rings. The van der Waals surface area contributed by atoms with E-state index in [1.807, 2.05) is 30.3 Å². The van der Waals surface area contributed by atoms with Gasteiger partial charge in [-0.25, -0.2) is 13.6 Å². The van der Waals surface area contributed by atoms with Gasteiger partial charge in [0.15, 0.2) is 13.2 Å². The molecule has 5 nitrogen and oxygen atoms in total. The van der Waals surface area contributed by atoms with E-state index < -0.39 is 42.2 Å². The molecule has 0 radical (unpaired) electrons. The number of ketones is 1. The van der Waals surface area contributed by atoms with Crippen LogP contribution in [0.4, 0.5) is 20.2 Å². The predicted octanol–water partition coefficient (Wildman–Crippen LogP) is 4.51. The monoisotopic (exact) mass is 397 g/mol. The van der Waals surface area contributed by atoms with Gasteiger partial charge in [0.2, 0.25) is 5.78 Å². The van der Waals surface area contributed by atoms with Crippen molar-refractivity contribution in [2.45, 2.75) is 0 Å². The molecule has 0 heterocycles. The van der Waals surface area contributed by atoms with Gasteiger partial charge in [-0.3, -0.25) is 4.79 Å². The fourth-order valence-corrected chi connectivity index (χ4v) is 2.44. The molecule has 0 aliphatic heterocycles. The molecule has 29 heavy (non-hydrogen) atoms. The molecule has 0 fully saturated rings. The molecule has 3 rings (SSSR count). The van der Waals surface area contributed by atoms with Crippen molar-refractivity contribution >= 4 is 23.1 Å². The average Bonchev–Trinajstić information content (AvgIpc) is 2.74. The van der Waals surface area contributed by atoms with Crippen LogP contribution in [0.1, 0.15) is 10.4 Å². The van der Waals surface area contributed by atoms with Crippen LogP contribution in [0.25, 0.3) is 0 Å². The molecule has 0 amide bonds. The first-order valence-electron chi connectivity index (χ1n) is 8.70. The van der Waals surface area contributed by atoms with E-state index in [2.05, 4.69) is 5.32 Å². The van der Waals surface area contributed by atoms with Crippen LogP contribution in [0, 0.1) is 11.6 Å². The first-order chi connectivity index (χ1) is 14.0. The summed E-state index contributed by atoms with van der Waals surface area (Å²) in [5.74, 6) is -2.85. The average molecular weight is 397 g/mol. The maximum atomic E-state index is 13.5. The zero-order valence-electron chi connectivity index (χ0n) is 15.2. The fraction of sp³-hybridized carbons (Fsp3) is 0.0909. The Kier molecular flexibility index (Phi) is 6.52. The lowest BCUT2D eigenvalue weighted by Crippen LogP contribution is -2.20. The van der Waals surface area contributed by atoms with E-state index in [0.29, 0.717) is 5.75 Å². The zero-order chi connectivity index (χ0) is 20.6. The number of Topliss-reactive ketones (excluding diaryl/α,β-unsaturated/α-hetero) is 1. The van der Waals surface area contributed by atoms with Crippen LogP contribution in [0.3, 0.4) is 0 Å². The van der Waals surface area contributed by atoms with Gasteiger partial charge in [-0.2, -0.15) is 0 Å². The predicted molar refractivity (Wildman–Crippen MR) is 103 cm³/mol. The number of halogens is 2. The minimum atomic E-state index is -0.882. The Morgan fingerprint density at radius 2 is 1.52 bits per heavy atom. The minimum Gasteiger partial charge on any atom is -0.482 e. The van der Waals surface area contributed by atoms with Gasteiger partial charge in [0.05, 0.1) is 5.56 Å². The number of hydrogen-bond acceptors (Lipinski definition) is 5. The normalized spacial score (nSPS) is 10.3. The van der Waals surface area contributed by atoms with E-state index in [4.69, 9.17) is 9.47 Å². The lowest BCUT2D eigenvalue weighted by Gasteiger charge is -2.09. The van der Waals surface area contributed by atoms with Crippen LogP contribution >= 0.6 is 0 Å². The van der Waals surface area contributed by atoms with E-state index in [1.54, 1.807) is 24.3 Å². The number of carbonyl (C=O) groups excluding carboxylic acids is 2. The summed E-state index contributed by atoms with van der Waals surface area (Å²) in [6.07, 6.45) is 0. The molecule has 0 spiro atoms. The highest BCUT2D eigenvalue weighted by Crippen LogP contribution is 2.20. The minimum absolute atomic E-state index is 0.426. The van der Waals surface area contributed by atoms with Gasteiger partial charge >= 0.3 is 5.97 Å². The van der Waals surface area contributed by atoms with Crippen molar-refractivity contribution in [2.75, 3.05) is 18.5 Å². The zero-order valence-corrected chi connectivity index (χ0v) is 15.2. The Hall–Kier alpha value is -3.74. The van der Waals surface area contributed by atoms with Gasteiger partial charge in [0.1, 0.15) is 17.4 Å². The second-order valence-corrected chi connectivity index (χ2v) is 6.01. The summed E-state index contributed by atoms with van der Waals surface area (Å²) in [7, 11) is 0. The SMILES string of the molecule is O=C(COc1ccc(Nc2ccccc2)cc1)OCC(=O)c1cc(F)ccc1F. The van der Waals surface area contributed by atoms with Crippen LogP contribution in [0.2, 0.25) is 0 Å². The number of hydrogen-bond donors (Lipinski definition) is 1. The van der Waals surface area contributed by atoms with Crippen molar-refractivity contribution < 1.29 is 27.8 Å². The summed E-state index contributed by atoms with van der Waals surface area (Å²) in [5, 5.41) is 3.21. The van der Waals surface area contributed by atoms with Gasteiger partial charge in [0, 0.05) is 11.4 Å². The van der Waals surface area contributed by atoms with Crippen LogP contribution in [-0.2, 0) is 9.53 Å². The Labute approximate surface area is 165 Å². The van der Waals surface area contributed by atoms with Gasteiger partial charge in [-0.1, -0.05) is 18.2 Å². The molecule has 0 saturated carbocycles. The van der Waals surface area contributed by atoms with E-state index in [9.17, 15) is 18.4 Å². The summed E-state index contributed by atoms with van der Waals surface area (Å²) < 4.78 is 36.7. The third-order valence-corrected chi connectivity index (χ3v) is 3.87. The third kappa shape index (κ3) is 5.87. The van der Waals surface area contributed by atoms with Crippen molar-refractivity contribution in [2.24, 2.45) is 0 Å². The highest BCUT2D eigenvalue weighted by Gasteiger charge is 2.15. The second kappa shape index (κ2) is 9.45. The van der Waals surface area contributed by atoms with Gasteiger partial charge in [-0.15, -0.1) is 0 Å². The number of rotatable bonds is 8. The lowest BCUT2D eigenvalue weighted by molar-refractivity contribution is -0.144. The smallest absolute Gasteiger partial charge is 0.344 e. The highest BCUT2D eigenvalue weighted by molar-refractivity contribution is 5.98. The Morgan fingerprint density at radius 3 is 2.24 bits per heavy atom. The Balaban J connectivity index is 1.45.